The van der Waals surface area contributed by atoms with E-state index in [1.165, 1.54) is 4.90 Å². The van der Waals surface area contributed by atoms with E-state index < -0.39 is 35.5 Å². The van der Waals surface area contributed by atoms with Crippen LogP contribution in [0.1, 0.15) is 71.0 Å². The fourth-order valence-electron chi connectivity index (χ4n) is 3.24. The normalized spacial score (nSPS) is 11.7. The van der Waals surface area contributed by atoms with Crippen LogP contribution in [0.4, 0.5) is 4.79 Å². The summed E-state index contributed by atoms with van der Waals surface area (Å²) in [6.45, 7) is 13.0. The highest BCUT2D eigenvalue weighted by Crippen LogP contribution is 2.24. The third kappa shape index (κ3) is 11.1. The van der Waals surface area contributed by atoms with Gasteiger partial charge in [-0.2, -0.15) is 0 Å². The molecule has 0 radical (unpaired) electrons. The fourth-order valence-corrected chi connectivity index (χ4v) is 3.24. The molecule has 1 rings (SSSR count). The van der Waals surface area contributed by atoms with Crippen LogP contribution in [0.2, 0.25) is 0 Å². The Balaban J connectivity index is 3.16. The second-order valence-electron chi connectivity index (χ2n) is 8.92. The third-order valence-electron chi connectivity index (χ3n) is 4.81. The second-order valence-corrected chi connectivity index (χ2v) is 8.92. The Morgan fingerprint density at radius 2 is 1.86 bits per heavy atom. The van der Waals surface area contributed by atoms with Gasteiger partial charge in [0, 0.05) is 13.1 Å². The zero-order valence-electron chi connectivity index (χ0n) is 21.5. The van der Waals surface area contributed by atoms with Crippen LogP contribution >= 0.6 is 0 Å². The zero-order valence-corrected chi connectivity index (χ0v) is 21.5. The molecule has 1 atom stereocenters. The highest BCUT2D eigenvalue weighted by atomic mass is 16.6. The number of unbranched alkanes of at least 4 members (excludes halogenated alkanes) is 1. The Kier molecular flexibility index (Phi) is 12.6. The van der Waals surface area contributed by atoms with E-state index in [2.05, 4.69) is 17.2 Å². The topological polar surface area (TPSA) is 114 Å². The van der Waals surface area contributed by atoms with Crippen molar-refractivity contribution in [2.75, 3.05) is 26.2 Å². The minimum Gasteiger partial charge on any atom is -0.466 e. The van der Waals surface area contributed by atoms with Crippen molar-refractivity contribution < 1.29 is 28.7 Å². The molecule has 0 heterocycles. The van der Waals surface area contributed by atoms with Crippen molar-refractivity contribution in [3.05, 3.63) is 42.0 Å². The number of hydrogen-bond acceptors (Lipinski definition) is 6. The average molecular weight is 490 g/mol. The van der Waals surface area contributed by atoms with Gasteiger partial charge in [-0.15, -0.1) is 0 Å². The quantitative estimate of drug-likeness (QED) is 0.409. The SMILES string of the molecule is C=Cc1cccc(C(C(=O)NCCC(=O)OCC)N(CCCC)C(=O)CNC(=O)OC(C)(C)C)c1. The number of ether oxygens (including phenoxy) is 2. The summed E-state index contributed by atoms with van der Waals surface area (Å²) in [6.07, 6.45) is 2.41. The number of benzene rings is 1. The Bertz CT molecular complexity index is 878. The number of alkyl carbamates (subject to hydrolysis) is 1. The Morgan fingerprint density at radius 1 is 1.14 bits per heavy atom. The first kappa shape index (κ1) is 29.7. The van der Waals surface area contributed by atoms with Gasteiger partial charge in [0.05, 0.1) is 13.0 Å². The molecular weight excluding hydrogens is 450 g/mol. The minimum absolute atomic E-state index is 0.0160. The molecule has 0 fully saturated rings. The second kappa shape index (κ2) is 14.8. The van der Waals surface area contributed by atoms with Crippen molar-refractivity contribution >= 4 is 30.0 Å². The van der Waals surface area contributed by atoms with Gasteiger partial charge >= 0.3 is 12.1 Å². The van der Waals surface area contributed by atoms with Crippen molar-refractivity contribution in [3.63, 3.8) is 0 Å². The molecule has 1 aromatic carbocycles. The predicted molar refractivity (Wildman–Crippen MR) is 134 cm³/mol. The summed E-state index contributed by atoms with van der Waals surface area (Å²) in [5, 5.41) is 5.22. The lowest BCUT2D eigenvalue weighted by atomic mass is 10.0. The fraction of sp³-hybridized carbons (Fsp3) is 0.538. The summed E-state index contributed by atoms with van der Waals surface area (Å²) in [7, 11) is 0. The van der Waals surface area contributed by atoms with E-state index in [1.807, 2.05) is 13.0 Å². The lowest BCUT2D eigenvalue weighted by Gasteiger charge is -2.32. The van der Waals surface area contributed by atoms with Gasteiger partial charge in [0.15, 0.2) is 0 Å². The Labute approximate surface area is 208 Å². The summed E-state index contributed by atoms with van der Waals surface area (Å²) in [4.78, 5) is 51.8. The van der Waals surface area contributed by atoms with Crippen LogP contribution in [0.5, 0.6) is 0 Å². The number of carbonyl (C=O) groups is 4. The van der Waals surface area contributed by atoms with Gasteiger partial charge in [-0.3, -0.25) is 14.4 Å². The molecular formula is C26H39N3O6. The van der Waals surface area contributed by atoms with E-state index in [0.717, 1.165) is 12.0 Å². The lowest BCUT2D eigenvalue weighted by molar-refractivity contribution is -0.143. The number of rotatable bonds is 13. The number of nitrogens with zero attached hydrogens (tertiary/aromatic N) is 1. The summed E-state index contributed by atoms with van der Waals surface area (Å²) >= 11 is 0. The van der Waals surface area contributed by atoms with E-state index in [-0.39, 0.29) is 26.1 Å². The van der Waals surface area contributed by atoms with Crippen molar-refractivity contribution in [2.45, 2.75) is 65.5 Å². The molecule has 0 aliphatic heterocycles. The summed E-state index contributed by atoms with van der Waals surface area (Å²) in [6, 6.07) is 6.21. The van der Waals surface area contributed by atoms with Gasteiger partial charge < -0.3 is 25.0 Å². The molecule has 0 saturated carbocycles. The molecule has 0 aliphatic carbocycles. The number of carbonyl (C=O) groups excluding carboxylic acids is 4. The van der Waals surface area contributed by atoms with Gasteiger partial charge in [0.1, 0.15) is 18.2 Å². The minimum atomic E-state index is -0.961. The van der Waals surface area contributed by atoms with Crippen LogP contribution < -0.4 is 10.6 Å². The molecule has 0 aliphatic rings. The van der Waals surface area contributed by atoms with E-state index >= 15 is 0 Å². The first-order chi connectivity index (χ1) is 16.5. The standard InChI is InChI=1S/C26H39N3O6/c1-7-10-16-29(21(30)18-28-25(33)35-26(4,5)6)23(20-13-11-12-19(8-2)17-20)24(32)27-15-14-22(31)34-9-3/h8,11-13,17,23H,2,7,9-10,14-16,18H2,1,3-6H3,(H,27,32)(H,28,33). The molecule has 0 saturated heterocycles. The average Bonchev–Trinajstić information content (AvgIpc) is 2.79. The molecule has 1 unspecified atom stereocenters. The maximum absolute atomic E-state index is 13.3. The van der Waals surface area contributed by atoms with Crippen LogP contribution in [-0.2, 0) is 23.9 Å². The lowest BCUT2D eigenvalue weighted by Crippen LogP contribution is -2.48. The van der Waals surface area contributed by atoms with Gasteiger partial charge in [0.2, 0.25) is 11.8 Å². The molecule has 9 heteroatoms. The molecule has 9 nitrogen and oxygen atoms in total. The monoisotopic (exact) mass is 489 g/mol. The molecule has 1 aromatic rings. The molecule has 0 bridgehead atoms. The zero-order chi connectivity index (χ0) is 26.4. The van der Waals surface area contributed by atoms with Gasteiger partial charge in [0.25, 0.3) is 0 Å². The number of hydrogen-bond donors (Lipinski definition) is 2. The molecule has 3 amide bonds. The van der Waals surface area contributed by atoms with Crippen LogP contribution in [0.3, 0.4) is 0 Å². The summed E-state index contributed by atoms with van der Waals surface area (Å²) < 4.78 is 10.1. The maximum atomic E-state index is 13.3. The van der Waals surface area contributed by atoms with Crippen molar-refractivity contribution in [1.29, 1.82) is 0 Å². The number of amides is 3. The van der Waals surface area contributed by atoms with Crippen LogP contribution in [0, 0.1) is 0 Å². The van der Waals surface area contributed by atoms with Crippen molar-refractivity contribution in [2.24, 2.45) is 0 Å². The van der Waals surface area contributed by atoms with E-state index in [1.54, 1.807) is 52.0 Å². The molecule has 0 spiro atoms. The predicted octanol–water partition coefficient (Wildman–Crippen LogP) is 3.59. The van der Waals surface area contributed by atoms with E-state index in [4.69, 9.17) is 9.47 Å². The summed E-state index contributed by atoms with van der Waals surface area (Å²) in [5.74, 6) is -1.28. The molecule has 194 valence electrons. The highest BCUT2D eigenvalue weighted by Gasteiger charge is 2.31. The molecule has 2 N–H and O–H groups in total. The number of nitrogens with one attached hydrogen (secondary N) is 2. The maximum Gasteiger partial charge on any atom is 0.408 e. The van der Waals surface area contributed by atoms with Gasteiger partial charge in [-0.05, 0) is 51.3 Å². The third-order valence-corrected chi connectivity index (χ3v) is 4.81. The van der Waals surface area contributed by atoms with Crippen LogP contribution in [0.15, 0.2) is 30.8 Å². The van der Waals surface area contributed by atoms with Crippen molar-refractivity contribution in [3.8, 4) is 0 Å². The van der Waals surface area contributed by atoms with Crippen LogP contribution in [0.25, 0.3) is 6.08 Å². The first-order valence-electron chi connectivity index (χ1n) is 11.9. The highest BCUT2D eigenvalue weighted by molar-refractivity contribution is 5.90. The van der Waals surface area contributed by atoms with E-state index in [9.17, 15) is 19.2 Å². The van der Waals surface area contributed by atoms with Crippen molar-refractivity contribution in [1.82, 2.24) is 15.5 Å². The molecule has 0 aromatic heterocycles. The number of esters is 1. The first-order valence-corrected chi connectivity index (χ1v) is 11.9. The van der Waals surface area contributed by atoms with Gasteiger partial charge in [-0.1, -0.05) is 44.2 Å². The smallest absolute Gasteiger partial charge is 0.408 e. The van der Waals surface area contributed by atoms with E-state index in [0.29, 0.717) is 18.5 Å². The Hall–Kier alpha value is -3.36. The van der Waals surface area contributed by atoms with Gasteiger partial charge in [-0.25, -0.2) is 4.79 Å². The molecule has 35 heavy (non-hydrogen) atoms. The summed E-state index contributed by atoms with van der Waals surface area (Å²) in [5.41, 5.74) is 0.681. The van der Waals surface area contributed by atoms with Crippen LogP contribution in [-0.4, -0.2) is 60.6 Å². The largest absolute Gasteiger partial charge is 0.466 e. The Morgan fingerprint density at radius 3 is 2.46 bits per heavy atom.